The van der Waals surface area contributed by atoms with Gasteiger partial charge in [-0.25, -0.2) is 9.78 Å². The van der Waals surface area contributed by atoms with Crippen molar-refractivity contribution < 1.29 is 27.8 Å². The number of carbonyl (C=O) groups is 1. The van der Waals surface area contributed by atoms with E-state index in [9.17, 15) is 23.1 Å². The maximum absolute atomic E-state index is 12.5. The Labute approximate surface area is 145 Å². The molecule has 0 aliphatic heterocycles. The summed E-state index contributed by atoms with van der Waals surface area (Å²) in [6, 6.07) is 3.80. The van der Waals surface area contributed by atoms with E-state index in [0.717, 1.165) is 23.5 Å². The van der Waals surface area contributed by atoms with Crippen LogP contribution >= 0.6 is 11.3 Å². The van der Waals surface area contributed by atoms with Crippen LogP contribution in [0.5, 0.6) is 10.8 Å². The third-order valence-electron chi connectivity index (χ3n) is 2.98. The molecular weight excluding hydrogens is 359 g/mol. The van der Waals surface area contributed by atoms with Crippen LogP contribution in [0.15, 0.2) is 30.5 Å². The monoisotopic (exact) mass is 375 g/mol. The number of alkyl halides is 3. The summed E-state index contributed by atoms with van der Waals surface area (Å²) in [5, 5.41) is 12.4. The van der Waals surface area contributed by atoms with Gasteiger partial charge in [0.1, 0.15) is 5.75 Å². The molecule has 0 bridgehead atoms. The molecule has 0 saturated heterocycles. The molecule has 136 valence electrons. The van der Waals surface area contributed by atoms with Gasteiger partial charge >= 0.3 is 12.2 Å². The van der Waals surface area contributed by atoms with E-state index in [1.54, 1.807) is 6.92 Å². The fourth-order valence-corrected chi connectivity index (χ4v) is 2.54. The minimum absolute atomic E-state index is 0.159. The van der Waals surface area contributed by atoms with Gasteiger partial charge in [0.2, 0.25) is 5.06 Å². The molecule has 2 amide bonds. The molecule has 2 N–H and O–H groups in total. The molecule has 0 aliphatic rings. The van der Waals surface area contributed by atoms with E-state index in [0.29, 0.717) is 5.06 Å². The average Bonchev–Trinajstić information content (AvgIpc) is 2.93. The highest BCUT2D eigenvalue weighted by Crippen LogP contribution is 2.33. The highest BCUT2D eigenvalue weighted by molar-refractivity contribution is 7.17. The van der Waals surface area contributed by atoms with Crippen LogP contribution in [-0.2, 0) is 6.18 Å². The number of ether oxygens (including phenoxy) is 1. The lowest BCUT2D eigenvalue weighted by Gasteiger charge is -2.18. The van der Waals surface area contributed by atoms with E-state index >= 15 is 0 Å². The topological polar surface area (TPSA) is 74.7 Å². The molecule has 0 aliphatic carbocycles. The Kier molecular flexibility index (Phi) is 5.85. The van der Waals surface area contributed by atoms with Crippen LogP contribution < -0.4 is 10.1 Å². The molecule has 0 fully saturated rings. The molecule has 2 aromatic rings. The SMILES string of the molecule is C[C@H](O)CN(C)C(=O)Nc1ncc(Oc2ccc(C(F)(F)F)cc2)s1. The number of likely N-dealkylation sites (N-methyl/N-ethyl adjacent to an activating group) is 1. The Balaban J connectivity index is 1.96. The quantitative estimate of drug-likeness (QED) is 0.834. The predicted molar refractivity (Wildman–Crippen MR) is 87.0 cm³/mol. The van der Waals surface area contributed by atoms with Crippen molar-refractivity contribution in [3.8, 4) is 10.8 Å². The van der Waals surface area contributed by atoms with Gasteiger partial charge in [0.25, 0.3) is 0 Å². The number of carbonyl (C=O) groups excluding carboxylic acids is 1. The molecule has 1 atom stereocenters. The number of benzene rings is 1. The normalized spacial score (nSPS) is 12.6. The lowest BCUT2D eigenvalue weighted by Crippen LogP contribution is -2.36. The zero-order valence-corrected chi connectivity index (χ0v) is 14.2. The van der Waals surface area contributed by atoms with Crippen LogP contribution in [0, 0.1) is 0 Å². The number of nitrogens with zero attached hydrogens (tertiary/aromatic N) is 2. The number of hydrogen-bond donors (Lipinski definition) is 2. The molecule has 0 saturated carbocycles. The first-order valence-corrected chi connectivity index (χ1v) is 7.98. The number of urea groups is 1. The molecule has 0 spiro atoms. The van der Waals surface area contributed by atoms with Gasteiger partial charge in [-0.05, 0) is 31.2 Å². The number of nitrogens with one attached hydrogen (secondary N) is 1. The van der Waals surface area contributed by atoms with Gasteiger partial charge in [0.05, 0.1) is 17.9 Å². The summed E-state index contributed by atoms with van der Waals surface area (Å²) in [5.74, 6) is 0.223. The first-order chi connectivity index (χ1) is 11.6. The zero-order valence-electron chi connectivity index (χ0n) is 13.4. The molecule has 6 nitrogen and oxygen atoms in total. The molecule has 1 aromatic carbocycles. The second-order valence-electron chi connectivity index (χ2n) is 5.27. The van der Waals surface area contributed by atoms with Gasteiger partial charge in [0.15, 0.2) is 5.13 Å². The van der Waals surface area contributed by atoms with E-state index in [2.05, 4.69) is 10.3 Å². The molecule has 10 heteroatoms. The van der Waals surface area contributed by atoms with E-state index in [4.69, 9.17) is 4.74 Å². The predicted octanol–water partition coefficient (Wildman–Crippen LogP) is 3.80. The molecule has 0 radical (unpaired) electrons. The van der Waals surface area contributed by atoms with E-state index in [1.807, 2.05) is 0 Å². The van der Waals surface area contributed by atoms with Crippen LogP contribution in [0.3, 0.4) is 0 Å². The minimum atomic E-state index is -4.40. The maximum Gasteiger partial charge on any atom is 0.416 e. The van der Waals surface area contributed by atoms with Gasteiger partial charge in [-0.2, -0.15) is 13.2 Å². The first kappa shape index (κ1) is 19.0. The molecule has 1 aromatic heterocycles. The van der Waals surface area contributed by atoms with Gasteiger partial charge in [-0.15, -0.1) is 0 Å². The molecule has 1 heterocycles. The van der Waals surface area contributed by atoms with Crippen molar-refractivity contribution >= 4 is 22.5 Å². The number of aliphatic hydroxyl groups is 1. The number of thiazole rings is 1. The number of rotatable bonds is 5. The summed E-state index contributed by atoms with van der Waals surface area (Å²) in [5.41, 5.74) is -0.766. The van der Waals surface area contributed by atoms with Crippen molar-refractivity contribution in [1.29, 1.82) is 0 Å². The summed E-state index contributed by atoms with van der Waals surface area (Å²) in [6.45, 7) is 1.72. The lowest BCUT2D eigenvalue weighted by atomic mass is 10.2. The second kappa shape index (κ2) is 7.70. The zero-order chi connectivity index (χ0) is 18.6. The third-order valence-corrected chi connectivity index (χ3v) is 3.77. The number of aromatic nitrogens is 1. The fraction of sp³-hybridized carbons (Fsp3) is 0.333. The Morgan fingerprint density at radius 2 is 2.04 bits per heavy atom. The van der Waals surface area contributed by atoms with Crippen LogP contribution in [0.1, 0.15) is 12.5 Å². The maximum atomic E-state index is 12.5. The summed E-state index contributed by atoms with van der Waals surface area (Å²) < 4.78 is 42.9. The van der Waals surface area contributed by atoms with Gasteiger partial charge in [-0.1, -0.05) is 11.3 Å². The smallest absolute Gasteiger partial charge is 0.416 e. The van der Waals surface area contributed by atoms with Crippen molar-refractivity contribution in [2.45, 2.75) is 19.2 Å². The summed E-state index contributed by atoms with van der Waals surface area (Å²) in [6.07, 6.45) is -3.71. The third kappa shape index (κ3) is 5.61. The summed E-state index contributed by atoms with van der Waals surface area (Å²) in [7, 11) is 1.52. The van der Waals surface area contributed by atoms with E-state index in [-0.39, 0.29) is 17.4 Å². The fourth-order valence-electron chi connectivity index (χ4n) is 1.86. The first-order valence-electron chi connectivity index (χ1n) is 7.16. The Hall–Kier alpha value is -2.33. The molecule has 0 unspecified atom stereocenters. The summed E-state index contributed by atoms with van der Waals surface area (Å²) >= 11 is 1.03. The number of anilines is 1. The molecule has 2 rings (SSSR count). The van der Waals surface area contributed by atoms with Gasteiger partial charge in [0, 0.05) is 13.6 Å². The number of hydrogen-bond acceptors (Lipinski definition) is 5. The molecular formula is C15H16F3N3O3S. The Morgan fingerprint density at radius 3 is 2.60 bits per heavy atom. The standard InChI is InChI=1S/C15H16F3N3O3S/c1-9(22)8-21(2)14(23)20-13-19-7-12(25-13)24-11-5-3-10(4-6-11)15(16,17)18/h3-7,9,22H,8H2,1-2H3,(H,19,20,23)/t9-/m0/s1. The largest absolute Gasteiger partial charge is 0.445 e. The van der Waals surface area contributed by atoms with Crippen molar-refractivity contribution in [2.75, 3.05) is 18.9 Å². The van der Waals surface area contributed by atoms with Crippen LogP contribution in [0.4, 0.5) is 23.1 Å². The Morgan fingerprint density at radius 1 is 1.40 bits per heavy atom. The van der Waals surface area contributed by atoms with Crippen LogP contribution in [-0.4, -0.2) is 40.7 Å². The van der Waals surface area contributed by atoms with Crippen LogP contribution in [0.25, 0.3) is 0 Å². The highest BCUT2D eigenvalue weighted by atomic mass is 32.1. The van der Waals surface area contributed by atoms with E-state index < -0.39 is 23.9 Å². The van der Waals surface area contributed by atoms with Crippen molar-refractivity contribution in [1.82, 2.24) is 9.88 Å². The van der Waals surface area contributed by atoms with E-state index in [1.165, 1.54) is 30.3 Å². The van der Waals surface area contributed by atoms with Crippen LogP contribution in [0.2, 0.25) is 0 Å². The minimum Gasteiger partial charge on any atom is -0.445 e. The number of amides is 2. The van der Waals surface area contributed by atoms with Gasteiger partial charge in [-0.3, -0.25) is 5.32 Å². The number of aliphatic hydroxyl groups excluding tert-OH is 1. The lowest BCUT2D eigenvalue weighted by molar-refractivity contribution is -0.137. The molecule has 25 heavy (non-hydrogen) atoms. The summed E-state index contributed by atoms with van der Waals surface area (Å²) in [4.78, 5) is 17.1. The highest BCUT2D eigenvalue weighted by Gasteiger charge is 2.30. The second-order valence-corrected chi connectivity index (χ2v) is 6.26. The number of halogens is 3. The van der Waals surface area contributed by atoms with Crippen molar-refractivity contribution in [3.63, 3.8) is 0 Å². The Bertz CT molecular complexity index is 717. The average molecular weight is 375 g/mol. The van der Waals surface area contributed by atoms with Crippen molar-refractivity contribution in [2.24, 2.45) is 0 Å². The van der Waals surface area contributed by atoms with Gasteiger partial charge < -0.3 is 14.7 Å². The van der Waals surface area contributed by atoms with Crippen molar-refractivity contribution in [3.05, 3.63) is 36.0 Å².